The van der Waals surface area contributed by atoms with Crippen molar-refractivity contribution in [2.75, 3.05) is 0 Å². The summed E-state index contributed by atoms with van der Waals surface area (Å²) in [5, 5.41) is 0. The first kappa shape index (κ1) is 15.0. The number of benzene rings is 1. The fourth-order valence-corrected chi connectivity index (χ4v) is 3.76. The van der Waals surface area contributed by atoms with Crippen LogP contribution in [0.3, 0.4) is 0 Å². The Morgan fingerprint density at radius 3 is 2.10 bits per heavy atom. The topological polar surface area (TPSA) is 52.3 Å². The SMILES string of the molecule is CC1(C)CC(N)CC(C)(C)C1OC(=O)c1ccccc1. The Morgan fingerprint density at radius 2 is 1.60 bits per heavy atom. The van der Waals surface area contributed by atoms with Crippen LogP contribution in [0.15, 0.2) is 30.3 Å². The first-order chi connectivity index (χ1) is 9.22. The van der Waals surface area contributed by atoms with E-state index in [1.807, 2.05) is 18.2 Å². The average Bonchev–Trinajstić information content (AvgIpc) is 2.33. The maximum Gasteiger partial charge on any atom is 0.338 e. The van der Waals surface area contributed by atoms with Gasteiger partial charge < -0.3 is 10.5 Å². The summed E-state index contributed by atoms with van der Waals surface area (Å²) in [6.45, 7) is 8.54. The minimum atomic E-state index is -0.243. The summed E-state index contributed by atoms with van der Waals surface area (Å²) >= 11 is 0. The van der Waals surface area contributed by atoms with Crippen LogP contribution in [0.25, 0.3) is 0 Å². The lowest BCUT2D eigenvalue weighted by molar-refractivity contribution is -0.0946. The van der Waals surface area contributed by atoms with Gasteiger partial charge in [0.1, 0.15) is 6.10 Å². The van der Waals surface area contributed by atoms with E-state index in [1.54, 1.807) is 12.1 Å². The molecule has 1 fully saturated rings. The van der Waals surface area contributed by atoms with Crippen LogP contribution in [0, 0.1) is 10.8 Å². The number of rotatable bonds is 2. The second kappa shape index (κ2) is 5.21. The molecule has 1 aliphatic carbocycles. The molecule has 0 heterocycles. The molecule has 1 saturated carbocycles. The van der Waals surface area contributed by atoms with E-state index in [2.05, 4.69) is 27.7 Å². The molecule has 2 rings (SSSR count). The van der Waals surface area contributed by atoms with E-state index in [1.165, 1.54) is 0 Å². The number of ether oxygens (including phenoxy) is 1. The maximum absolute atomic E-state index is 12.3. The first-order valence-corrected chi connectivity index (χ1v) is 7.24. The number of carbonyl (C=O) groups is 1. The largest absolute Gasteiger partial charge is 0.458 e. The van der Waals surface area contributed by atoms with Crippen molar-refractivity contribution in [1.82, 2.24) is 0 Å². The Balaban J connectivity index is 2.20. The first-order valence-electron chi connectivity index (χ1n) is 7.24. The monoisotopic (exact) mass is 275 g/mol. The van der Waals surface area contributed by atoms with Gasteiger partial charge in [-0.15, -0.1) is 0 Å². The number of esters is 1. The van der Waals surface area contributed by atoms with Crippen molar-refractivity contribution in [3.05, 3.63) is 35.9 Å². The molecule has 1 aromatic rings. The second-order valence-electron chi connectivity index (χ2n) is 7.30. The van der Waals surface area contributed by atoms with Crippen molar-refractivity contribution in [3.63, 3.8) is 0 Å². The summed E-state index contributed by atoms with van der Waals surface area (Å²) in [6.07, 6.45) is 1.63. The van der Waals surface area contributed by atoms with E-state index in [-0.39, 0.29) is 28.9 Å². The molecular weight excluding hydrogens is 250 g/mol. The predicted octanol–water partition coefficient (Wildman–Crippen LogP) is 3.39. The third kappa shape index (κ3) is 3.04. The van der Waals surface area contributed by atoms with Gasteiger partial charge in [-0.25, -0.2) is 4.79 Å². The molecule has 1 aliphatic rings. The van der Waals surface area contributed by atoms with Crippen molar-refractivity contribution >= 4 is 5.97 Å². The van der Waals surface area contributed by atoms with Crippen LogP contribution in [0.2, 0.25) is 0 Å². The molecular formula is C17H25NO2. The van der Waals surface area contributed by atoms with Crippen LogP contribution >= 0.6 is 0 Å². The van der Waals surface area contributed by atoms with Crippen molar-refractivity contribution in [2.24, 2.45) is 16.6 Å². The Kier molecular flexibility index (Phi) is 3.92. The molecule has 3 heteroatoms. The highest BCUT2D eigenvalue weighted by Crippen LogP contribution is 2.47. The molecule has 3 nitrogen and oxygen atoms in total. The van der Waals surface area contributed by atoms with E-state index < -0.39 is 0 Å². The summed E-state index contributed by atoms with van der Waals surface area (Å²) in [5.74, 6) is -0.243. The lowest BCUT2D eigenvalue weighted by atomic mass is 9.61. The summed E-state index contributed by atoms with van der Waals surface area (Å²) < 4.78 is 5.86. The Morgan fingerprint density at radius 1 is 1.10 bits per heavy atom. The Hall–Kier alpha value is -1.35. The summed E-state index contributed by atoms with van der Waals surface area (Å²) in [7, 11) is 0. The molecule has 0 bridgehead atoms. The van der Waals surface area contributed by atoms with Gasteiger partial charge in [0.25, 0.3) is 0 Å². The number of carbonyl (C=O) groups excluding carboxylic acids is 1. The molecule has 0 aromatic heterocycles. The van der Waals surface area contributed by atoms with Crippen LogP contribution in [-0.2, 0) is 4.74 Å². The zero-order valence-electron chi connectivity index (χ0n) is 12.8. The van der Waals surface area contributed by atoms with Gasteiger partial charge in [-0.1, -0.05) is 45.9 Å². The van der Waals surface area contributed by atoms with E-state index in [9.17, 15) is 4.79 Å². The molecule has 0 saturated heterocycles. The highest BCUT2D eigenvalue weighted by atomic mass is 16.5. The maximum atomic E-state index is 12.3. The zero-order valence-corrected chi connectivity index (χ0v) is 12.8. The van der Waals surface area contributed by atoms with Crippen LogP contribution in [-0.4, -0.2) is 18.1 Å². The van der Waals surface area contributed by atoms with E-state index in [0.717, 1.165) is 12.8 Å². The molecule has 1 aromatic carbocycles. The molecule has 0 spiro atoms. The molecule has 0 atom stereocenters. The second-order valence-corrected chi connectivity index (χ2v) is 7.30. The molecule has 110 valence electrons. The van der Waals surface area contributed by atoms with E-state index >= 15 is 0 Å². The molecule has 2 N–H and O–H groups in total. The van der Waals surface area contributed by atoms with Gasteiger partial charge >= 0.3 is 5.97 Å². The average molecular weight is 275 g/mol. The van der Waals surface area contributed by atoms with Gasteiger partial charge in [0.2, 0.25) is 0 Å². The number of hydrogen-bond donors (Lipinski definition) is 1. The van der Waals surface area contributed by atoms with Gasteiger partial charge in [-0.2, -0.15) is 0 Å². The normalized spacial score (nSPS) is 27.9. The number of hydrogen-bond acceptors (Lipinski definition) is 3. The van der Waals surface area contributed by atoms with E-state index in [4.69, 9.17) is 10.5 Å². The summed E-state index contributed by atoms with van der Waals surface area (Å²) in [5.41, 5.74) is 6.54. The highest BCUT2D eigenvalue weighted by molar-refractivity contribution is 5.89. The van der Waals surface area contributed by atoms with Crippen molar-refractivity contribution in [3.8, 4) is 0 Å². The summed E-state index contributed by atoms with van der Waals surface area (Å²) in [6, 6.07) is 9.34. The third-order valence-electron chi connectivity index (χ3n) is 4.23. The smallest absolute Gasteiger partial charge is 0.338 e. The molecule has 0 unspecified atom stereocenters. The Bertz CT molecular complexity index is 461. The molecule has 0 radical (unpaired) electrons. The highest BCUT2D eigenvalue weighted by Gasteiger charge is 2.49. The third-order valence-corrected chi connectivity index (χ3v) is 4.23. The van der Waals surface area contributed by atoms with Crippen LogP contribution in [0.1, 0.15) is 50.9 Å². The van der Waals surface area contributed by atoms with Crippen molar-refractivity contribution in [2.45, 2.75) is 52.7 Å². The molecule has 20 heavy (non-hydrogen) atoms. The molecule has 0 amide bonds. The van der Waals surface area contributed by atoms with Crippen LogP contribution < -0.4 is 5.73 Å². The van der Waals surface area contributed by atoms with Crippen molar-refractivity contribution < 1.29 is 9.53 Å². The zero-order chi connectivity index (χ0) is 15.0. The van der Waals surface area contributed by atoms with Gasteiger partial charge in [0.05, 0.1) is 5.56 Å². The minimum absolute atomic E-state index is 0.106. The standard InChI is InChI=1S/C17H25NO2/c1-16(2)10-13(18)11-17(3,4)15(16)20-14(19)12-8-6-5-7-9-12/h5-9,13,15H,10-11,18H2,1-4H3. The van der Waals surface area contributed by atoms with Gasteiger partial charge in [-0.05, 0) is 25.0 Å². The lowest BCUT2D eigenvalue weighted by Gasteiger charge is -2.50. The fourth-order valence-electron chi connectivity index (χ4n) is 3.76. The lowest BCUT2D eigenvalue weighted by Crippen LogP contribution is -2.54. The van der Waals surface area contributed by atoms with Gasteiger partial charge in [0, 0.05) is 16.9 Å². The van der Waals surface area contributed by atoms with E-state index in [0.29, 0.717) is 5.56 Å². The van der Waals surface area contributed by atoms with Gasteiger partial charge in [0.15, 0.2) is 0 Å². The van der Waals surface area contributed by atoms with Crippen LogP contribution in [0.4, 0.5) is 0 Å². The predicted molar refractivity (Wildman–Crippen MR) is 80.4 cm³/mol. The minimum Gasteiger partial charge on any atom is -0.458 e. The summed E-state index contributed by atoms with van der Waals surface area (Å²) in [4.78, 5) is 12.3. The molecule has 0 aliphatic heterocycles. The van der Waals surface area contributed by atoms with Gasteiger partial charge in [-0.3, -0.25) is 0 Å². The number of nitrogens with two attached hydrogens (primary N) is 1. The van der Waals surface area contributed by atoms with Crippen molar-refractivity contribution in [1.29, 1.82) is 0 Å². The van der Waals surface area contributed by atoms with Crippen LogP contribution in [0.5, 0.6) is 0 Å². The fraction of sp³-hybridized carbons (Fsp3) is 0.588. The Labute approximate surface area is 121 Å². The quantitative estimate of drug-likeness (QED) is 0.842.